The zero-order valence-electron chi connectivity index (χ0n) is 16.5. The van der Waals surface area contributed by atoms with Gasteiger partial charge in [0.15, 0.2) is 17.2 Å². The number of fused-ring (bicyclic) bond motifs is 1. The predicted molar refractivity (Wildman–Crippen MR) is 108 cm³/mol. The van der Waals surface area contributed by atoms with Gasteiger partial charge in [0.05, 0.1) is 18.0 Å². The van der Waals surface area contributed by atoms with Gasteiger partial charge < -0.3 is 19.3 Å². The summed E-state index contributed by atoms with van der Waals surface area (Å²) in [7, 11) is 0. The lowest BCUT2D eigenvalue weighted by Crippen LogP contribution is -2.14. The lowest BCUT2D eigenvalue weighted by molar-refractivity contribution is 0.0515. The van der Waals surface area contributed by atoms with Crippen LogP contribution in [-0.2, 0) is 4.74 Å². The fourth-order valence-electron chi connectivity index (χ4n) is 2.89. The van der Waals surface area contributed by atoms with Crippen molar-refractivity contribution < 1.29 is 24.1 Å². The molecular formula is C21H20N4O5. The van der Waals surface area contributed by atoms with E-state index in [2.05, 4.69) is 15.3 Å². The SMILES string of the molecule is CCOC(=O)c1nn(-c2ccc(C)cc2)c(N=Nc2ccc3c(c2)OCCO3)c1O. The molecule has 0 spiro atoms. The minimum atomic E-state index is -0.739. The number of azo groups is 1. The number of esters is 1. The van der Waals surface area contributed by atoms with E-state index in [-0.39, 0.29) is 18.1 Å². The summed E-state index contributed by atoms with van der Waals surface area (Å²) in [6.07, 6.45) is 0. The van der Waals surface area contributed by atoms with E-state index in [1.807, 2.05) is 19.1 Å². The molecule has 2 aromatic carbocycles. The van der Waals surface area contributed by atoms with E-state index in [0.717, 1.165) is 5.56 Å². The fourth-order valence-corrected chi connectivity index (χ4v) is 2.89. The number of aromatic hydroxyl groups is 1. The molecule has 1 N–H and O–H groups in total. The lowest BCUT2D eigenvalue weighted by atomic mass is 10.2. The highest BCUT2D eigenvalue weighted by molar-refractivity contribution is 5.92. The van der Waals surface area contributed by atoms with Gasteiger partial charge in [-0.2, -0.15) is 5.10 Å². The quantitative estimate of drug-likeness (QED) is 0.499. The summed E-state index contributed by atoms with van der Waals surface area (Å²) in [5.41, 5.74) is 1.93. The number of ether oxygens (including phenoxy) is 3. The van der Waals surface area contributed by atoms with Crippen LogP contribution in [-0.4, -0.2) is 40.7 Å². The van der Waals surface area contributed by atoms with Crippen molar-refractivity contribution in [2.75, 3.05) is 19.8 Å². The zero-order chi connectivity index (χ0) is 21.1. The first-order valence-electron chi connectivity index (χ1n) is 9.44. The molecule has 9 heteroatoms. The highest BCUT2D eigenvalue weighted by atomic mass is 16.6. The van der Waals surface area contributed by atoms with E-state index in [1.165, 1.54) is 4.68 Å². The van der Waals surface area contributed by atoms with Crippen LogP contribution in [0, 0.1) is 6.92 Å². The molecule has 0 aliphatic carbocycles. The molecule has 9 nitrogen and oxygen atoms in total. The van der Waals surface area contributed by atoms with Gasteiger partial charge in [0.25, 0.3) is 0 Å². The van der Waals surface area contributed by atoms with Crippen molar-refractivity contribution in [2.24, 2.45) is 10.2 Å². The Morgan fingerprint density at radius 2 is 1.87 bits per heavy atom. The van der Waals surface area contributed by atoms with Crippen LogP contribution in [0.5, 0.6) is 17.2 Å². The maximum absolute atomic E-state index is 12.2. The second-order valence-electron chi connectivity index (χ2n) is 6.52. The topological polar surface area (TPSA) is 108 Å². The third-order valence-corrected chi connectivity index (χ3v) is 4.37. The summed E-state index contributed by atoms with van der Waals surface area (Å²) < 4.78 is 17.4. The van der Waals surface area contributed by atoms with Gasteiger partial charge in [-0.15, -0.1) is 10.2 Å². The van der Waals surface area contributed by atoms with Gasteiger partial charge in [0.1, 0.15) is 13.2 Å². The maximum atomic E-state index is 12.2. The largest absolute Gasteiger partial charge is 0.502 e. The molecule has 1 aliphatic heterocycles. The minimum absolute atomic E-state index is 0.0109. The highest BCUT2D eigenvalue weighted by Crippen LogP contribution is 2.37. The number of hydrogen-bond donors (Lipinski definition) is 1. The third-order valence-electron chi connectivity index (χ3n) is 4.37. The van der Waals surface area contributed by atoms with Gasteiger partial charge in [0.2, 0.25) is 11.5 Å². The lowest BCUT2D eigenvalue weighted by Gasteiger charge is -2.17. The smallest absolute Gasteiger partial charge is 0.362 e. The van der Waals surface area contributed by atoms with Gasteiger partial charge in [-0.05, 0) is 38.1 Å². The van der Waals surface area contributed by atoms with E-state index >= 15 is 0 Å². The first-order chi connectivity index (χ1) is 14.6. The van der Waals surface area contributed by atoms with Crippen LogP contribution in [0.1, 0.15) is 23.0 Å². The Balaban J connectivity index is 1.74. The summed E-state index contributed by atoms with van der Waals surface area (Å²) in [6.45, 7) is 4.74. The first-order valence-corrected chi connectivity index (χ1v) is 9.44. The van der Waals surface area contributed by atoms with Crippen LogP contribution < -0.4 is 9.47 Å². The number of carbonyl (C=O) groups excluding carboxylic acids is 1. The molecule has 0 saturated heterocycles. The highest BCUT2D eigenvalue weighted by Gasteiger charge is 2.25. The number of rotatable bonds is 5. The molecule has 0 saturated carbocycles. The maximum Gasteiger partial charge on any atom is 0.362 e. The third kappa shape index (κ3) is 3.82. The molecule has 0 bridgehead atoms. The Kier molecular flexibility index (Phi) is 5.34. The second-order valence-corrected chi connectivity index (χ2v) is 6.52. The molecule has 0 unspecified atom stereocenters. The Morgan fingerprint density at radius 3 is 2.60 bits per heavy atom. The molecule has 1 aliphatic rings. The molecule has 3 aromatic rings. The summed E-state index contributed by atoms with van der Waals surface area (Å²) in [5.74, 6) is 0.0715. The van der Waals surface area contributed by atoms with Crippen molar-refractivity contribution in [3.05, 3.63) is 53.7 Å². The number of aryl methyl sites for hydroxylation is 1. The van der Waals surface area contributed by atoms with Crippen molar-refractivity contribution in [1.29, 1.82) is 0 Å². The molecule has 2 heterocycles. The molecule has 0 amide bonds. The Labute approximate surface area is 172 Å². The number of aromatic nitrogens is 2. The monoisotopic (exact) mass is 408 g/mol. The Hall–Kier alpha value is -3.88. The standard InChI is InChI=1S/C21H20N4O5/c1-3-28-21(27)18-19(26)20(25(24-18)15-7-4-13(2)5-8-15)23-22-14-6-9-16-17(12-14)30-11-10-29-16/h4-9,12,26H,3,10-11H2,1-2H3. The minimum Gasteiger partial charge on any atom is -0.502 e. The van der Waals surface area contributed by atoms with E-state index < -0.39 is 11.7 Å². The molecule has 1 aromatic heterocycles. The first kappa shape index (κ1) is 19.4. The van der Waals surface area contributed by atoms with E-state index in [1.54, 1.807) is 37.3 Å². The molecule has 0 fully saturated rings. The zero-order valence-corrected chi connectivity index (χ0v) is 16.5. The molecular weight excluding hydrogens is 388 g/mol. The normalized spacial score (nSPS) is 12.9. The summed E-state index contributed by atoms with van der Waals surface area (Å²) in [5, 5.41) is 23.2. The van der Waals surface area contributed by atoms with Crippen molar-refractivity contribution in [2.45, 2.75) is 13.8 Å². The summed E-state index contributed by atoms with van der Waals surface area (Å²) in [4.78, 5) is 12.2. The van der Waals surface area contributed by atoms with Crippen LogP contribution in [0.3, 0.4) is 0 Å². The van der Waals surface area contributed by atoms with Crippen molar-refractivity contribution in [3.63, 3.8) is 0 Å². The molecule has 30 heavy (non-hydrogen) atoms. The van der Waals surface area contributed by atoms with Crippen LogP contribution in [0.4, 0.5) is 11.5 Å². The van der Waals surface area contributed by atoms with Gasteiger partial charge in [-0.1, -0.05) is 17.7 Å². The van der Waals surface area contributed by atoms with E-state index in [4.69, 9.17) is 14.2 Å². The predicted octanol–water partition coefficient (Wildman–Crippen LogP) is 4.25. The van der Waals surface area contributed by atoms with Crippen LogP contribution in [0.15, 0.2) is 52.7 Å². The van der Waals surface area contributed by atoms with Crippen molar-refractivity contribution >= 4 is 17.5 Å². The average Bonchev–Trinajstić information content (AvgIpc) is 3.09. The van der Waals surface area contributed by atoms with Crippen LogP contribution >= 0.6 is 0 Å². The van der Waals surface area contributed by atoms with Crippen LogP contribution in [0.25, 0.3) is 5.69 Å². The van der Waals surface area contributed by atoms with Crippen molar-refractivity contribution in [3.8, 4) is 22.9 Å². The number of hydrogen-bond acceptors (Lipinski definition) is 8. The van der Waals surface area contributed by atoms with Crippen molar-refractivity contribution in [1.82, 2.24) is 9.78 Å². The number of nitrogens with zero attached hydrogens (tertiary/aromatic N) is 4. The molecule has 0 radical (unpaired) electrons. The van der Waals surface area contributed by atoms with E-state index in [9.17, 15) is 9.90 Å². The molecule has 4 rings (SSSR count). The second kappa shape index (κ2) is 8.24. The summed E-state index contributed by atoms with van der Waals surface area (Å²) >= 11 is 0. The number of benzene rings is 2. The van der Waals surface area contributed by atoms with Gasteiger partial charge in [0, 0.05) is 6.07 Å². The molecule has 0 atom stereocenters. The Bertz CT molecular complexity index is 1110. The number of carbonyl (C=O) groups is 1. The van der Waals surface area contributed by atoms with Gasteiger partial charge in [-0.25, -0.2) is 9.48 Å². The Morgan fingerprint density at radius 1 is 1.13 bits per heavy atom. The summed E-state index contributed by atoms with van der Waals surface area (Å²) in [6, 6.07) is 12.5. The van der Waals surface area contributed by atoms with E-state index in [0.29, 0.717) is 36.1 Å². The molecule has 154 valence electrons. The average molecular weight is 408 g/mol. The van der Waals surface area contributed by atoms with Gasteiger partial charge in [-0.3, -0.25) is 0 Å². The van der Waals surface area contributed by atoms with Crippen LogP contribution in [0.2, 0.25) is 0 Å². The van der Waals surface area contributed by atoms with Gasteiger partial charge >= 0.3 is 5.97 Å². The fraction of sp³-hybridized carbons (Fsp3) is 0.238.